The molecule has 1 heterocycles. The Kier molecular flexibility index (Phi) is 7.79. The summed E-state index contributed by atoms with van der Waals surface area (Å²) in [6, 6.07) is 12.4. The van der Waals surface area contributed by atoms with E-state index in [-0.39, 0.29) is 18.9 Å². The van der Waals surface area contributed by atoms with Gasteiger partial charge in [0.1, 0.15) is 5.75 Å². The van der Waals surface area contributed by atoms with Gasteiger partial charge in [-0.2, -0.15) is 11.8 Å². The van der Waals surface area contributed by atoms with Gasteiger partial charge in [-0.25, -0.2) is 8.42 Å². The molecule has 3 rings (SSSR count). The van der Waals surface area contributed by atoms with E-state index in [1.54, 1.807) is 23.9 Å². The number of nitrogens with zero attached hydrogens (tertiary/aromatic N) is 1. The molecule has 2 aromatic carbocycles. The van der Waals surface area contributed by atoms with Crippen LogP contribution in [-0.2, 0) is 20.6 Å². The highest BCUT2D eigenvalue weighted by Gasteiger charge is 2.31. The molecule has 1 aliphatic heterocycles. The Morgan fingerprint density at radius 2 is 1.90 bits per heavy atom. The lowest BCUT2D eigenvalue weighted by molar-refractivity contribution is -0.127. The van der Waals surface area contributed by atoms with E-state index in [4.69, 9.17) is 27.9 Å². The predicted octanol–water partition coefficient (Wildman–Crippen LogP) is 3.96. The minimum atomic E-state index is -3.53. The molecule has 1 atom stereocenters. The van der Waals surface area contributed by atoms with Crippen molar-refractivity contribution in [2.24, 2.45) is 0 Å². The molecule has 0 saturated carbocycles. The molecule has 1 unspecified atom stereocenters. The zero-order valence-electron chi connectivity index (χ0n) is 16.3. The van der Waals surface area contributed by atoms with Crippen LogP contribution in [-0.4, -0.2) is 45.5 Å². The van der Waals surface area contributed by atoms with Gasteiger partial charge in [-0.15, -0.1) is 0 Å². The Morgan fingerprint density at radius 3 is 2.60 bits per heavy atom. The number of thioether (sulfide) groups is 1. The highest BCUT2D eigenvalue weighted by molar-refractivity contribution is 7.98. The van der Waals surface area contributed by atoms with Crippen molar-refractivity contribution in [2.45, 2.75) is 18.3 Å². The topological polar surface area (TPSA) is 75.7 Å². The van der Waals surface area contributed by atoms with Gasteiger partial charge in [0.05, 0.1) is 11.9 Å². The second kappa shape index (κ2) is 10.1. The number of anilines is 1. The molecule has 0 spiro atoms. The van der Waals surface area contributed by atoms with Gasteiger partial charge < -0.3 is 10.1 Å². The summed E-state index contributed by atoms with van der Waals surface area (Å²) in [5, 5.41) is 3.97. The lowest BCUT2D eigenvalue weighted by atomic mass is 10.2. The highest BCUT2D eigenvalue weighted by Crippen LogP contribution is 2.36. The molecule has 162 valence electrons. The van der Waals surface area contributed by atoms with Gasteiger partial charge in [0.15, 0.2) is 6.10 Å². The van der Waals surface area contributed by atoms with Crippen LogP contribution in [0.1, 0.15) is 12.0 Å². The van der Waals surface area contributed by atoms with Gasteiger partial charge >= 0.3 is 0 Å². The van der Waals surface area contributed by atoms with Crippen LogP contribution in [0.25, 0.3) is 0 Å². The maximum atomic E-state index is 12.6. The van der Waals surface area contributed by atoms with Crippen LogP contribution < -0.4 is 14.4 Å². The number of carbonyl (C=O) groups is 1. The minimum absolute atomic E-state index is 0.135. The Labute approximate surface area is 190 Å². The van der Waals surface area contributed by atoms with Gasteiger partial charge in [-0.3, -0.25) is 9.10 Å². The van der Waals surface area contributed by atoms with E-state index in [0.29, 0.717) is 28.0 Å². The zero-order chi connectivity index (χ0) is 21.7. The van der Waals surface area contributed by atoms with Gasteiger partial charge in [0.2, 0.25) is 10.0 Å². The third-order valence-electron chi connectivity index (χ3n) is 4.47. The Balaban J connectivity index is 1.55. The maximum absolute atomic E-state index is 12.6. The molecule has 0 aliphatic carbocycles. The van der Waals surface area contributed by atoms with Crippen molar-refractivity contribution in [1.82, 2.24) is 5.32 Å². The number of amides is 1. The third kappa shape index (κ3) is 6.20. The Hall–Kier alpha value is -1.61. The smallest absolute Gasteiger partial charge is 0.261 e. The van der Waals surface area contributed by atoms with Crippen LogP contribution in [0.2, 0.25) is 10.0 Å². The summed E-state index contributed by atoms with van der Waals surface area (Å²) in [5.41, 5.74) is 1.51. The highest BCUT2D eigenvalue weighted by atomic mass is 35.5. The fourth-order valence-corrected chi connectivity index (χ4v) is 5.06. The van der Waals surface area contributed by atoms with Crippen LogP contribution in [0.3, 0.4) is 0 Å². The Morgan fingerprint density at radius 1 is 1.20 bits per heavy atom. The number of nitrogens with one attached hydrogen (secondary N) is 1. The van der Waals surface area contributed by atoms with Gasteiger partial charge in [0, 0.05) is 41.1 Å². The van der Waals surface area contributed by atoms with Gasteiger partial charge in [-0.05, 0) is 35.9 Å². The SMILES string of the molecule is CS(=O)(=O)N1CCC(C(=O)NCCSCc2ccc(Cl)cc2)Oc2ccc(Cl)cc21. The molecule has 0 aromatic heterocycles. The number of benzene rings is 2. The second-order valence-electron chi connectivity index (χ2n) is 6.81. The molecule has 1 amide bonds. The second-order valence-corrected chi connectivity index (χ2v) is 10.7. The maximum Gasteiger partial charge on any atom is 0.261 e. The lowest BCUT2D eigenvalue weighted by Gasteiger charge is -2.21. The summed E-state index contributed by atoms with van der Waals surface area (Å²) in [4.78, 5) is 12.6. The summed E-state index contributed by atoms with van der Waals surface area (Å²) in [7, 11) is -3.53. The largest absolute Gasteiger partial charge is 0.478 e. The number of rotatable bonds is 7. The molecule has 10 heteroatoms. The molecule has 30 heavy (non-hydrogen) atoms. The molecule has 0 saturated heterocycles. The summed E-state index contributed by atoms with van der Waals surface area (Å²) in [5.74, 6) is 1.62. The lowest BCUT2D eigenvalue weighted by Crippen LogP contribution is -2.40. The summed E-state index contributed by atoms with van der Waals surface area (Å²) < 4.78 is 31.4. The van der Waals surface area contributed by atoms with Crippen LogP contribution in [0.4, 0.5) is 5.69 Å². The van der Waals surface area contributed by atoms with E-state index in [0.717, 1.165) is 17.8 Å². The summed E-state index contributed by atoms with van der Waals surface area (Å²) >= 11 is 13.6. The molecule has 0 radical (unpaired) electrons. The monoisotopic (exact) mass is 488 g/mol. The Bertz CT molecular complexity index is 1000. The number of hydrogen-bond donors (Lipinski definition) is 1. The molecular weight excluding hydrogens is 467 g/mol. The first-order valence-corrected chi connectivity index (χ1v) is 13.0. The van der Waals surface area contributed by atoms with E-state index >= 15 is 0 Å². The van der Waals surface area contributed by atoms with Gasteiger partial charge in [0.25, 0.3) is 5.91 Å². The van der Waals surface area contributed by atoms with E-state index in [1.165, 1.54) is 15.9 Å². The molecule has 1 N–H and O–H groups in total. The first-order valence-electron chi connectivity index (χ1n) is 9.28. The first-order chi connectivity index (χ1) is 14.2. The van der Waals surface area contributed by atoms with Crippen LogP contribution in [0.15, 0.2) is 42.5 Å². The molecule has 0 bridgehead atoms. The van der Waals surface area contributed by atoms with Crippen LogP contribution in [0.5, 0.6) is 5.75 Å². The number of halogens is 2. The van der Waals surface area contributed by atoms with Crippen molar-refractivity contribution >= 4 is 56.6 Å². The van der Waals surface area contributed by atoms with Crippen molar-refractivity contribution in [3.05, 3.63) is 58.1 Å². The average Bonchev–Trinajstić information content (AvgIpc) is 2.88. The van der Waals surface area contributed by atoms with E-state index in [1.807, 2.05) is 24.3 Å². The summed E-state index contributed by atoms with van der Waals surface area (Å²) in [6.07, 6.45) is 0.581. The van der Waals surface area contributed by atoms with E-state index in [2.05, 4.69) is 5.32 Å². The van der Waals surface area contributed by atoms with E-state index in [9.17, 15) is 13.2 Å². The molecule has 2 aromatic rings. The number of ether oxygens (including phenoxy) is 1. The van der Waals surface area contributed by atoms with Crippen molar-refractivity contribution in [2.75, 3.05) is 29.4 Å². The molecular formula is C20H22Cl2N2O4S2. The molecule has 0 fully saturated rings. The first kappa shape index (κ1) is 23.1. The van der Waals surface area contributed by atoms with Crippen molar-refractivity contribution < 1.29 is 17.9 Å². The number of sulfonamides is 1. The molecule has 6 nitrogen and oxygen atoms in total. The molecule has 1 aliphatic rings. The van der Waals surface area contributed by atoms with Crippen molar-refractivity contribution in [3.8, 4) is 5.75 Å². The van der Waals surface area contributed by atoms with Crippen molar-refractivity contribution in [1.29, 1.82) is 0 Å². The number of fused-ring (bicyclic) bond motifs is 1. The zero-order valence-corrected chi connectivity index (χ0v) is 19.5. The normalized spacial score (nSPS) is 16.4. The third-order valence-corrected chi connectivity index (χ3v) is 7.17. The predicted molar refractivity (Wildman–Crippen MR) is 123 cm³/mol. The van der Waals surface area contributed by atoms with Gasteiger partial charge in [-0.1, -0.05) is 35.3 Å². The average molecular weight is 489 g/mol. The number of carbonyl (C=O) groups excluding carboxylic acids is 1. The van der Waals surface area contributed by atoms with Crippen LogP contribution >= 0.6 is 35.0 Å². The minimum Gasteiger partial charge on any atom is -0.478 e. The summed E-state index contributed by atoms with van der Waals surface area (Å²) in [6.45, 7) is 0.621. The number of hydrogen-bond acceptors (Lipinski definition) is 5. The van der Waals surface area contributed by atoms with Crippen LogP contribution in [0, 0.1) is 0 Å². The van der Waals surface area contributed by atoms with E-state index < -0.39 is 16.1 Å². The fourth-order valence-electron chi connectivity index (χ4n) is 3.01. The van der Waals surface area contributed by atoms with Crippen molar-refractivity contribution in [3.63, 3.8) is 0 Å². The standard InChI is InChI=1S/C20H22Cl2N2O4S2/c1-30(26,27)24-10-8-19(28-18-7-6-16(22)12-17(18)24)20(25)23-9-11-29-13-14-2-4-15(21)5-3-14/h2-7,12,19H,8-11,13H2,1H3,(H,23,25). The quantitative estimate of drug-likeness (QED) is 0.596. The fraction of sp³-hybridized carbons (Fsp3) is 0.350.